The van der Waals surface area contributed by atoms with Crippen molar-refractivity contribution in [3.63, 3.8) is 0 Å². The predicted octanol–water partition coefficient (Wildman–Crippen LogP) is 4.81. The Labute approximate surface area is 147 Å². The summed E-state index contributed by atoms with van der Waals surface area (Å²) in [6.07, 6.45) is 3.75. The molecule has 0 aliphatic heterocycles. The Morgan fingerprint density at radius 1 is 1.17 bits per heavy atom. The van der Waals surface area contributed by atoms with Crippen molar-refractivity contribution >= 4 is 32.5 Å². The van der Waals surface area contributed by atoms with Gasteiger partial charge in [0.2, 0.25) is 0 Å². The summed E-state index contributed by atoms with van der Waals surface area (Å²) >= 11 is 3.50. The molecule has 1 aromatic carbocycles. The van der Waals surface area contributed by atoms with E-state index in [4.69, 9.17) is 0 Å². The van der Waals surface area contributed by atoms with Crippen LogP contribution in [0.1, 0.15) is 29.9 Å². The second kappa shape index (κ2) is 5.41. The zero-order chi connectivity index (χ0) is 17.0. The van der Waals surface area contributed by atoms with Gasteiger partial charge in [-0.3, -0.25) is 4.68 Å². The quantitative estimate of drug-likeness (QED) is 0.495. The van der Waals surface area contributed by atoms with Gasteiger partial charge in [0, 0.05) is 22.3 Å². The van der Waals surface area contributed by atoms with Gasteiger partial charge in [-0.25, -0.2) is 9.37 Å². The monoisotopic (exact) mass is 386 g/mol. The molecule has 0 saturated heterocycles. The molecule has 1 atom stereocenters. The SMILES string of the molecule is Cc1cn2cc(C(C)n3nc(C)c4cc(Br)ccc43)cc(F)c2n1. The summed E-state index contributed by atoms with van der Waals surface area (Å²) in [6.45, 7) is 5.87. The second-order valence-corrected chi connectivity index (χ2v) is 7.02. The molecule has 0 spiro atoms. The summed E-state index contributed by atoms with van der Waals surface area (Å²) in [6, 6.07) is 7.55. The van der Waals surface area contributed by atoms with Crippen LogP contribution < -0.4 is 0 Å². The standard InChI is InChI=1S/C18H16BrFN4/c1-10-8-23-9-13(6-16(20)18(23)21-10)12(3)24-17-5-4-14(19)7-15(17)11(2)22-24/h4-9,12H,1-3H3. The van der Waals surface area contributed by atoms with Crippen molar-refractivity contribution in [3.05, 3.63) is 63.9 Å². The average molecular weight is 387 g/mol. The van der Waals surface area contributed by atoms with Gasteiger partial charge in [0.25, 0.3) is 0 Å². The first-order chi connectivity index (χ1) is 11.4. The van der Waals surface area contributed by atoms with Crippen LogP contribution in [-0.2, 0) is 0 Å². The maximum absolute atomic E-state index is 14.4. The topological polar surface area (TPSA) is 35.1 Å². The largest absolute Gasteiger partial charge is 0.304 e. The van der Waals surface area contributed by atoms with Crippen molar-refractivity contribution in [2.75, 3.05) is 0 Å². The molecule has 0 aliphatic carbocycles. The summed E-state index contributed by atoms with van der Waals surface area (Å²) in [4.78, 5) is 4.21. The molecule has 4 rings (SSSR count). The normalized spacial score (nSPS) is 13.0. The van der Waals surface area contributed by atoms with E-state index in [1.807, 2.05) is 50.0 Å². The number of hydrogen-bond donors (Lipinski definition) is 0. The number of imidazole rings is 1. The maximum Gasteiger partial charge on any atom is 0.173 e. The summed E-state index contributed by atoms with van der Waals surface area (Å²) in [5.74, 6) is -0.316. The first kappa shape index (κ1) is 15.3. The minimum Gasteiger partial charge on any atom is -0.304 e. The third-order valence-electron chi connectivity index (χ3n) is 4.35. The summed E-state index contributed by atoms with van der Waals surface area (Å²) in [5.41, 5.74) is 3.99. The molecule has 1 unspecified atom stereocenters. The van der Waals surface area contributed by atoms with Crippen molar-refractivity contribution in [1.82, 2.24) is 19.2 Å². The Hall–Kier alpha value is -2.21. The van der Waals surface area contributed by atoms with Crippen LogP contribution >= 0.6 is 15.9 Å². The van der Waals surface area contributed by atoms with E-state index in [1.165, 1.54) is 0 Å². The van der Waals surface area contributed by atoms with Gasteiger partial charge in [0.05, 0.1) is 22.9 Å². The van der Waals surface area contributed by atoms with Crippen LogP contribution in [-0.4, -0.2) is 19.2 Å². The van der Waals surface area contributed by atoms with Crippen LogP contribution in [0.25, 0.3) is 16.6 Å². The number of benzene rings is 1. The molecule has 0 fully saturated rings. The molecule has 3 heterocycles. The number of halogens is 2. The Bertz CT molecular complexity index is 1080. The lowest BCUT2D eigenvalue weighted by atomic mass is 10.1. The summed E-state index contributed by atoms with van der Waals surface area (Å²) < 4.78 is 19.1. The van der Waals surface area contributed by atoms with E-state index in [-0.39, 0.29) is 11.9 Å². The van der Waals surface area contributed by atoms with Crippen molar-refractivity contribution in [2.24, 2.45) is 0 Å². The van der Waals surface area contributed by atoms with Gasteiger partial charge in [-0.15, -0.1) is 0 Å². The lowest BCUT2D eigenvalue weighted by molar-refractivity contribution is 0.566. The molecule has 3 aromatic heterocycles. The van der Waals surface area contributed by atoms with Crippen LogP contribution in [0, 0.1) is 19.7 Å². The van der Waals surface area contributed by atoms with E-state index in [9.17, 15) is 4.39 Å². The first-order valence-corrected chi connectivity index (χ1v) is 8.52. The van der Waals surface area contributed by atoms with Gasteiger partial charge < -0.3 is 4.40 Å². The Balaban J connectivity index is 1.88. The van der Waals surface area contributed by atoms with Crippen molar-refractivity contribution in [2.45, 2.75) is 26.8 Å². The molecule has 0 aliphatic rings. The highest BCUT2D eigenvalue weighted by atomic mass is 79.9. The number of aromatic nitrogens is 4. The van der Waals surface area contributed by atoms with Crippen LogP contribution in [0.4, 0.5) is 4.39 Å². The van der Waals surface area contributed by atoms with Gasteiger partial charge in [-0.2, -0.15) is 5.10 Å². The second-order valence-electron chi connectivity index (χ2n) is 6.10. The van der Waals surface area contributed by atoms with Crippen LogP contribution in [0.2, 0.25) is 0 Å². The van der Waals surface area contributed by atoms with Crippen LogP contribution in [0.15, 0.2) is 41.1 Å². The molecule has 0 saturated carbocycles. The Morgan fingerprint density at radius 3 is 2.75 bits per heavy atom. The summed E-state index contributed by atoms with van der Waals surface area (Å²) in [7, 11) is 0. The molecular formula is C18H16BrFN4. The Morgan fingerprint density at radius 2 is 1.96 bits per heavy atom. The van der Waals surface area contributed by atoms with E-state index in [2.05, 4.69) is 32.1 Å². The minimum absolute atomic E-state index is 0.0935. The maximum atomic E-state index is 14.4. The number of nitrogens with zero attached hydrogens (tertiary/aromatic N) is 4. The molecule has 0 N–H and O–H groups in total. The van der Waals surface area contributed by atoms with Crippen LogP contribution in [0.3, 0.4) is 0 Å². The minimum atomic E-state index is -0.316. The molecule has 4 aromatic rings. The number of fused-ring (bicyclic) bond motifs is 2. The van der Waals surface area contributed by atoms with E-state index < -0.39 is 0 Å². The number of aryl methyl sites for hydroxylation is 2. The number of hydrogen-bond acceptors (Lipinski definition) is 2. The van der Waals surface area contributed by atoms with Gasteiger partial charge in [0.15, 0.2) is 11.5 Å². The average Bonchev–Trinajstić information content (AvgIpc) is 3.07. The molecule has 0 amide bonds. The smallest absolute Gasteiger partial charge is 0.173 e. The molecule has 0 radical (unpaired) electrons. The molecule has 0 bridgehead atoms. The highest BCUT2D eigenvalue weighted by Crippen LogP contribution is 2.28. The van der Waals surface area contributed by atoms with E-state index in [0.717, 1.165) is 32.3 Å². The predicted molar refractivity (Wildman–Crippen MR) is 95.9 cm³/mol. The lowest BCUT2D eigenvalue weighted by Gasteiger charge is -2.15. The summed E-state index contributed by atoms with van der Waals surface area (Å²) in [5, 5.41) is 5.76. The van der Waals surface area contributed by atoms with Gasteiger partial charge in [-0.05, 0) is 50.6 Å². The van der Waals surface area contributed by atoms with Gasteiger partial charge in [-0.1, -0.05) is 15.9 Å². The molecular weight excluding hydrogens is 371 g/mol. The molecule has 122 valence electrons. The number of pyridine rings is 1. The first-order valence-electron chi connectivity index (χ1n) is 7.73. The van der Waals surface area contributed by atoms with Crippen molar-refractivity contribution < 1.29 is 4.39 Å². The molecule has 4 nitrogen and oxygen atoms in total. The van der Waals surface area contributed by atoms with E-state index >= 15 is 0 Å². The Kier molecular flexibility index (Phi) is 3.46. The zero-order valence-electron chi connectivity index (χ0n) is 13.6. The molecule has 24 heavy (non-hydrogen) atoms. The van der Waals surface area contributed by atoms with E-state index in [1.54, 1.807) is 10.5 Å². The van der Waals surface area contributed by atoms with Gasteiger partial charge in [0.1, 0.15) is 0 Å². The third kappa shape index (κ3) is 2.33. The molecule has 6 heteroatoms. The highest BCUT2D eigenvalue weighted by molar-refractivity contribution is 9.10. The zero-order valence-corrected chi connectivity index (χ0v) is 15.2. The number of rotatable bonds is 2. The van der Waals surface area contributed by atoms with Crippen LogP contribution in [0.5, 0.6) is 0 Å². The van der Waals surface area contributed by atoms with Crippen molar-refractivity contribution in [1.29, 1.82) is 0 Å². The van der Waals surface area contributed by atoms with Gasteiger partial charge >= 0.3 is 0 Å². The van der Waals surface area contributed by atoms with E-state index in [0.29, 0.717) is 5.65 Å². The fourth-order valence-electron chi connectivity index (χ4n) is 3.13. The fraction of sp³-hybridized carbons (Fsp3) is 0.222. The highest BCUT2D eigenvalue weighted by Gasteiger charge is 2.17. The fourth-order valence-corrected chi connectivity index (χ4v) is 3.49. The van der Waals surface area contributed by atoms with Crippen molar-refractivity contribution in [3.8, 4) is 0 Å². The lowest BCUT2D eigenvalue weighted by Crippen LogP contribution is -2.10. The third-order valence-corrected chi connectivity index (χ3v) is 4.84.